The van der Waals surface area contributed by atoms with Crippen LogP contribution in [0.1, 0.15) is 45.7 Å². The second-order valence-corrected chi connectivity index (χ2v) is 8.66. The number of aliphatic carboxylic acids is 1. The van der Waals surface area contributed by atoms with Crippen LogP contribution in [0, 0.1) is 11.2 Å². The van der Waals surface area contributed by atoms with Crippen LogP contribution in [0.3, 0.4) is 0 Å². The van der Waals surface area contributed by atoms with E-state index in [1.54, 1.807) is 38.1 Å². The molecule has 0 saturated carbocycles. The smallest absolute Gasteiger partial charge is 0.341 e. The molecule has 0 atom stereocenters. The number of hydrogen-bond acceptors (Lipinski definition) is 7. The molecule has 0 spiro atoms. The molecule has 204 valence electrons. The molecule has 12 heteroatoms. The monoisotopic (exact) mass is 537 g/mol. The van der Waals surface area contributed by atoms with Crippen molar-refractivity contribution in [2.24, 2.45) is 11.5 Å². The summed E-state index contributed by atoms with van der Waals surface area (Å²) in [5.74, 6) is -3.17. The van der Waals surface area contributed by atoms with Crippen molar-refractivity contribution in [3.63, 3.8) is 0 Å². The van der Waals surface area contributed by atoms with Crippen LogP contribution >= 0.6 is 0 Å². The normalized spacial score (nSPS) is 10.6. The Bertz CT molecular complexity index is 1410. The van der Waals surface area contributed by atoms with Gasteiger partial charge in [-0.2, -0.15) is 0 Å². The number of primary amides is 1. The molecule has 0 saturated heterocycles. The topological polar surface area (TPSA) is 190 Å². The van der Waals surface area contributed by atoms with Gasteiger partial charge in [-0.05, 0) is 68.4 Å². The SMILES string of the molecule is CC(C)Oc1cc(C(N)=O)cc(CNc2ccc(F)cc2C(=O)Nc2ccc(C(=N)N)cc2)c1OCC(=O)O. The molecule has 0 heterocycles. The first-order valence-electron chi connectivity index (χ1n) is 11.7. The molecule has 0 bridgehead atoms. The van der Waals surface area contributed by atoms with Crippen LogP contribution in [0.2, 0.25) is 0 Å². The number of ether oxygens (including phenoxy) is 2. The number of nitrogens with one attached hydrogen (secondary N) is 3. The summed E-state index contributed by atoms with van der Waals surface area (Å²) < 4.78 is 25.3. The highest BCUT2D eigenvalue weighted by atomic mass is 19.1. The summed E-state index contributed by atoms with van der Waals surface area (Å²) in [5, 5.41) is 22.3. The van der Waals surface area contributed by atoms with Crippen molar-refractivity contribution in [2.45, 2.75) is 26.5 Å². The number of carboxylic acid groups (broad SMARTS) is 1. The van der Waals surface area contributed by atoms with Crippen LogP contribution in [0.25, 0.3) is 0 Å². The minimum absolute atomic E-state index is 0.0247. The molecule has 0 aliphatic rings. The summed E-state index contributed by atoms with van der Waals surface area (Å²) in [4.78, 5) is 36.2. The number of hydrogen-bond donors (Lipinski definition) is 6. The zero-order valence-electron chi connectivity index (χ0n) is 21.2. The van der Waals surface area contributed by atoms with E-state index in [4.69, 9.17) is 31.5 Å². The Labute approximate surface area is 223 Å². The molecule has 0 fully saturated rings. The second-order valence-electron chi connectivity index (χ2n) is 8.66. The molecule has 2 amide bonds. The van der Waals surface area contributed by atoms with Gasteiger partial charge >= 0.3 is 5.97 Å². The molecule has 0 unspecified atom stereocenters. The van der Waals surface area contributed by atoms with Gasteiger partial charge in [0.2, 0.25) is 5.91 Å². The van der Waals surface area contributed by atoms with Crippen LogP contribution in [-0.2, 0) is 11.3 Å². The van der Waals surface area contributed by atoms with Gasteiger partial charge in [-0.15, -0.1) is 0 Å². The third kappa shape index (κ3) is 7.68. The molecule has 0 radical (unpaired) electrons. The fourth-order valence-corrected chi connectivity index (χ4v) is 3.55. The van der Waals surface area contributed by atoms with Gasteiger partial charge in [-0.25, -0.2) is 9.18 Å². The van der Waals surface area contributed by atoms with Crippen molar-refractivity contribution in [3.05, 3.63) is 82.7 Å². The summed E-state index contributed by atoms with van der Waals surface area (Å²) >= 11 is 0. The number of amides is 2. The lowest BCUT2D eigenvalue weighted by atomic mass is 10.1. The summed E-state index contributed by atoms with van der Waals surface area (Å²) in [7, 11) is 0. The van der Waals surface area contributed by atoms with Crippen molar-refractivity contribution in [3.8, 4) is 11.5 Å². The third-order valence-corrected chi connectivity index (χ3v) is 5.27. The number of carboxylic acids is 1. The number of nitrogens with two attached hydrogens (primary N) is 2. The number of nitrogen functional groups attached to an aromatic ring is 1. The number of halogens is 1. The maximum atomic E-state index is 14.1. The Balaban J connectivity index is 1.93. The molecule has 3 aromatic rings. The molecule has 3 aromatic carbocycles. The van der Waals surface area contributed by atoms with Crippen LogP contribution in [0.5, 0.6) is 11.5 Å². The van der Waals surface area contributed by atoms with Gasteiger partial charge in [0.15, 0.2) is 18.1 Å². The number of anilines is 2. The van der Waals surface area contributed by atoms with E-state index in [1.165, 1.54) is 18.2 Å². The second kappa shape index (κ2) is 12.4. The van der Waals surface area contributed by atoms with Crippen LogP contribution in [0.15, 0.2) is 54.6 Å². The molecule has 3 rings (SSSR count). The average molecular weight is 538 g/mol. The van der Waals surface area contributed by atoms with Gasteiger partial charge in [0.05, 0.1) is 11.7 Å². The van der Waals surface area contributed by atoms with Crippen LogP contribution in [0.4, 0.5) is 15.8 Å². The molecule has 0 aromatic heterocycles. The van der Waals surface area contributed by atoms with Gasteiger partial charge in [-0.1, -0.05) is 0 Å². The number of carbonyl (C=O) groups excluding carboxylic acids is 2. The summed E-state index contributed by atoms with van der Waals surface area (Å²) in [6.07, 6.45) is -0.335. The lowest BCUT2D eigenvalue weighted by Gasteiger charge is -2.20. The quantitative estimate of drug-likeness (QED) is 0.150. The van der Waals surface area contributed by atoms with Crippen LogP contribution < -0.4 is 31.6 Å². The summed E-state index contributed by atoms with van der Waals surface area (Å²) in [5.41, 5.74) is 12.4. The number of amidine groups is 1. The van der Waals surface area contributed by atoms with Crippen molar-refractivity contribution in [1.82, 2.24) is 0 Å². The Kier molecular flexibility index (Phi) is 9.05. The molecule has 0 aliphatic carbocycles. The fraction of sp³-hybridized carbons (Fsp3) is 0.185. The van der Waals surface area contributed by atoms with E-state index < -0.39 is 30.2 Å². The predicted molar refractivity (Wildman–Crippen MR) is 143 cm³/mol. The number of carbonyl (C=O) groups is 3. The highest BCUT2D eigenvalue weighted by molar-refractivity contribution is 6.08. The minimum Gasteiger partial charge on any atom is -0.487 e. The van der Waals surface area contributed by atoms with Crippen LogP contribution in [-0.4, -0.2) is 41.4 Å². The maximum Gasteiger partial charge on any atom is 0.341 e. The van der Waals surface area contributed by atoms with E-state index in [0.29, 0.717) is 16.8 Å². The molecular formula is C27H28FN5O6. The lowest BCUT2D eigenvalue weighted by molar-refractivity contribution is -0.139. The van der Waals surface area contributed by atoms with Crippen molar-refractivity contribution < 1.29 is 33.4 Å². The first-order valence-corrected chi connectivity index (χ1v) is 11.7. The fourth-order valence-electron chi connectivity index (χ4n) is 3.55. The first kappa shape index (κ1) is 28.4. The Hall–Kier alpha value is -5.13. The first-order chi connectivity index (χ1) is 18.4. The standard InChI is InChI=1S/C27H28FN5O6/c1-14(2)39-22-10-16(26(31)36)9-17(24(22)38-13-23(34)35)12-32-21-8-5-18(28)11-20(21)27(37)33-19-6-3-15(4-7-19)25(29)30/h3-11,14,32H,12-13H2,1-2H3,(H3,29,30)(H2,31,36)(H,33,37)(H,34,35). The van der Waals surface area contributed by atoms with Gasteiger partial charge < -0.3 is 36.7 Å². The van der Waals surface area contributed by atoms with Crippen molar-refractivity contribution in [2.75, 3.05) is 17.2 Å². The molecule has 39 heavy (non-hydrogen) atoms. The third-order valence-electron chi connectivity index (χ3n) is 5.27. The molecule has 11 nitrogen and oxygen atoms in total. The summed E-state index contributed by atoms with van der Waals surface area (Å²) in [6.45, 7) is 2.74. The van der Waals surface area contributed by atoms with E-state index in [2.05, 4.69) is 10.6 Å². The Morgan fingerprint density at radius 3 is 2.31 bits per heavy atom. The zero-order chi connectivity index (χ0) is 28.7. The predicted octanol–water partition coefficient (Wildman–Crippen LogP) is 3.32. The van der Waals surface area contributed by atoms with E-state index in [-0.39, 0.29) is 46.8 Å². The van der Waals surface area contributed by atoms with E-state index >= 15 is 0 Å². The summed E-state index contributed by atoms with van der Waals surface area (Å²) in [6, 6.07) is 12.6. The molecule has 8 N–H and O–H groups in total. The number of rotatable bonds is 12. The lowest BCUT2D eigenvalue weighted by Crippen LogP contribution is -2.18. The Morgan fingerprint density at radius 2 is 1.72 bits per heavy atom. The highest BCUT2D eigenvalue weighted by Crippen LogP contribution is 2.35. The average Bonchev–Trinajstić information content (AvgIpc) is 2.86. The van der Waals surface area contributed by atoms with E-state index in [9.17, 15) is 18.8 Å². The molecule has 0 aliphatic heterocycles. The highest BCUT2D eigenvalue weighted by Gasteiger charge is 2.20. The molecular weight excluding hydrogens is 509 g/mol. The largest absolute Gasteiger partial charge is 0.487 e. The van der Waals surface area contributed by atoms with Crippen molar-refractivity contribution >= 4 is 35.0 Å². The van der Waals surface area contributed by atoms with Crippen molar-refractivity contribution in [1.29, 1.82) is 5.41 Å². The van der Waals surface area contributed by atoms with E-state index in [0.717, 1.165) is 12.1 Å². The van der Waals surface area contributed by atoms with E-state index in [1.807, 2.05) is 0 Å². The van der Waals surface area contributed by atoms with Gasteiger partial charge in [0.1, 0.15) is 11.7 Å². The maximum absolute atomic E-state index is 14.1. The van der Waals surface area contributed by atoms with Gasteiger partial charge in [0, 0.05) is 34.6 Å². The number of benzene rings is 3. The zero-order valence-corrected chi connectivity index (χ0v) is 21.2. The minimum atomic E-state index is -1.22. The van der Waals surface area contributed by atoms with Gasteiger partial charge in [0.25, 0.3) is 5.91 Å². The van der Waals surface area contributed by atoms with Gasteiger partial charge in [-0.3, -0.25) is 15.0 Å². The Morgan fingerprint density at radius 1 is 1.03 bits per heavy atom.